The van der Waals surface area contributed by atoms with E-state index in [0.717, 1.165) is 43.8 Å². The van der Waals surface area contributed by atoms with Crippen LogP contribution in [0.1, 0.15) is 39.0 Å². The van der Waals surface area contributed by atoms with Gasteiger partial charge in [-0.3, -0.25) is 4.99 Å². The number of nitrogens with zero attached hydrogens (tertiary/aromatic N) is 1. The molecule has 2 atom stereocenters. The lowest BCUT2D eigenvalue weighted by molar-refractivity contribution is 0.0782. The molecule has 2 N–H and O–H groups in total. The first-order chi connectivity index (χ1) is 10.7. The predicted molar refractivity (Wildman–Crippen MR) is 100 cm³/mol. The van der Waals surface area contributed by atoms with Gasteiger partial charge in [-0.05, 0) is 44.1 Å². The number of hydrogen-bond acceptors (Lipinski definition) is 4. The molecule has 22 heavy (non-hydrogen) atoms. The minimum absolute atomic E-state index is 0.298. The fraction of sp³-hybridized carbons (Fsp3) is 0.938. The van der Waals surface area contributed by atoms with Crippen LogP contribution in [0, 0.1) is 0 Å². The average molecular weight is 346 g/mol. The van der Waals surface area contributed by atoms with E-state index in [1.165, 1.54) is 25.0 Å². The van der Waals surface area contributed by atoms with Gasteiger partial charge in [0.2, 0.25) is 0 Å². The Bertz CT molecular complexity index is 359. The van der Waals surface area contributed by atoms with E-state index in [2.05, 4.69) is 40.6 Å². The van der Waals surface area contributed by atoms with Gasteiger partial charge in [-0.2, -0.15) is 23.5 Å². The van der Waals surface area contributed by atoms with E-state index in [4.69, 9.17) is 4.74 Å². The van der Waals surface area contributed by atoms with Gasteiger partial charge in [-0.25, -0.2) is 0 Å². The van der Waals surface area contributed by atoms with Crippen LogP contribution in [0.25, 0.3) is 0 Å². The van der Waals surface area contributed by atoms with Crippen molar-refractivity contribution in [1.82, 2.24) is 10.6 Å². The van der Waals surface area contributed by atoms with Gasteiger partial charge in [-0.1, -0.05) is 6.92 Å². The zero-order valence-electron chi connectivity index (χ0n) is 14.2. The molecule has 0 amide bonds. The quantitative estimate of drug-likeness (QED) is 0.572. The van der Waals surface area contributed by atoms with Crippen molar-refractivity contribution in [1.29, 1.82) is 0 Å². The van der Waals surface area contributed by atoms with Crippen LogP contribution in [0.2, 0.25) is 0 Å². The maximum absolute atomic E-state index is 5.51. The molecule has 4 nitrogen and oxygen atoms in total. The maximum atomic E-state index is 5.51. The Morgan fingerprint density at radius 3 is 2.73 bits per heavy atom. The van der Waals surface area contributed by atoms with E-state index in [1.54, 1.807) is 0 Å². The smallest absolute Gasteiger partial charge is 0.191 e. The third-order valence-corrected chi connectivity index (χ3v) is 7.42. The molecule has 6 heteroatoms. The summed E-state index contributed by atoms with van der Waals surface area (Å²) < 4.78 is 5.81. The summed E-state index contributed by atoms with van der Waals surface area (Å²) in [6.07, 6.45) is 8.32. The molecule has 0 bridgehead atoms. The van der Waals surface area contributed by atoms with Crippen LogP contribution >= 0.6 is 23.5 Å². The van der Waals surface area contributed by atoms with E-state index in [1.807, 2.05) is 18.8 Å². The number of thioether (sulfide) groups is 2. The van der Waals surface area contributed by atoms with Gasteiger partial charge in [0.05, 0.1) is 0 Å². The molecule has 2 rings (SSSR count). The van der Waals surface area contributed by atoms with Gasteiger partial charge in [0.1, 0.15) is 0 Å². The molecule has 1 saturated carbocycles. The first-order valence-electron chi connectivity index (χ1n) is 8.43. The van der Waals surface area contributed by atoms with Crippen molar-refractivity contribution in [2.45, 2.75) is 55.1 Å². The highest BCUT2D eigenvalue weighted by Gasteiger charge is 2.32. The summed E-state index contributed by atoms with van der Waals surface area (Å²) in [6, 6.07) is 0.579. The van der Waals surface area contributed by atoms with E-state index in [0.29, 0.717) is 10.8 Å². The lowest BCUT2D eigenvalue weighted by atomic mass is 9.99. The largest absolute Gasteiger partial charge is 0.381 e. The van der Waals surface area contributed by atoms with E-state index in [9.17, 15) is 0 Å². The van der Waals surface area contributed by atoms with Crippen molar-refractivity contribution >= 4 is 29.5 Å². The van der Waals surface area contributed by atoms with Crippen LogP contribution in [-0.2, 0) is 4.74 Å². The van der Waals surface area contributed by atoms with Gasteiger partial charge in [0, 0.05) is 42.8 Å². The van der Waals surface area contributed by atoms with E-state index < -0.39 is 0 Å². The summed E-state index contributed by atoms with van der Waals surface area (Å²) in [5.41, 5.74) is 0. The van der Waals surface area contributed by atoms with Crippen molar-refractivity contribution in [3.05, 3.63) is 0 Å². The lowest BCUT2D eigenvalue weighted by Gasteiger charge is -2.36. The first kappa shape index (κ1) is 18.3. The van der Waals surface area contributed by atoms with Crippen molar-refractivity contribution in [3.8, 4) is 0 Å². The molecule has 0 aromatic heterocycles. The number of ether oxygens (including phenoxy) is 1. The lowest BCUT2D eigenvalue weighted by Crippen LogP contribution is -2.49. The number of rotatable bonds is 6. The molecule has 1 saturated heterocycles. The molecule has 1 aliphatic heterocycles. The standard InChI is InChI=1S/C16H31N3OS2/c1-4-22-14-6-5-13(11-14)19-15(17-2)18-12-16(21-3)7-9-20-10-8-16/h13-14H,4-12H2,1-3H3,(H2,17,18,19). The SMILES string of the molecule is CCSC1CCC(NC(=NC)NCC2(SC)CCOCC2)C1. The van der Waals surface area contributed by atoms with Crippen molar-refractivity contribution in [2.75, 3.05) is 38.8 Å². The summed E-state index contributed by atoms with van der Waals surface area (Å²) in [7, 11) is 1.87. The van der Waals surface area contributed by atoms with Crippen LogP contribution in [0.15, 0.2) is 4.99 Å². The molecule has 2 unspecified atom stereocenters. The fourth-order valence-electron chi connectivity index (χ4n) is 3.29. The summed E-state index contributed by atoms with van der Waals surface area (Å²) in [4.78, 5) is 4.42. The predicted octanol–water partition coefficient (Wildman–Crippen LogP) is 2.74. The van der Waals surface area contributed by atoms with Crippen molar-refractivity contribution in [3.63, 3.8) is 0 Å². The van der Waals surface area contributed by atoms with Crippen LogP contribution < -0.4 is 10.6 Å². The fourth-order valence-corrected chi connectivity index (χ4v) is 5.22. The summed E-state index contributed by atoms with van der Waals surface area (Å²) in [6.45, 7) is 4.99. The zero-order chi connectivity index (χ0) is 15.8. The Labute approximate surface area is 144 Å². The second kappa shape index (κ2) is 9.28. The first-order valence-corrected chi connectivity index (χ1v) is 10.7. The van der Waals surface area contributed by atoms with Gasteiger partial charge >= 0.3 is 0 Å². The summed E-state index contributed by atoms with van der Waals surface area (Å²) in [5, 5.41) is 8.01. The Morgan fingerprint density at radius 1 is 1.32 bits per heavy atom. The summed E-state index contributed by atoms with van der Waals surface area (Å²) in [5.74, 6) is 2.19. The topological polar surface area (TPSA) is 45.7 Å². The highest BCUT2D eigenvalue weighted by Crippen LogP contribution is 2.33. The molecule has 2 aliphatic rings. The molecule has 128 valence electrons. The molecular weight excluding hydrogens is 314 g/mol. The van der Waals surface area contributed by atoms with Gasteiger partial charge in [-0.15, -0.1) is 0 Å². The Balaban J connectivity index is 1.78. The Morgan fingerprint density at radius 2 is 2.09 bits per heavy atom. The molecular formula is C16H31N3OS2. The van der Waals surface area contributed by atoms with Gasteiger partial charge in [0.25, 0.3) is 0 Å². The number of nitrogens with one attached hydrogen (secondary N) is 2. The molecule has 1 aliphatic carbocycles. The third kappa shape index (κ3) is 5.24. The van der Waals surface area contributed by atoms with Gasteiger partial charge in [0.15, 0.2) is 5.96 Å². The van der Waals surface area contributed by atoms with Crippen LogP contribution in [0.5, 0.6) is 0 Å². The minimum Gasteiger partial charge on any atom is -0.381 e. The highest BCUT2D eigenvalue weighted by atomic mass is 32.2. The molecule has 2 fully saturated rings. The average Bonchev–Trinajstić information content (AvgIpc) is 3.00. The third-order valence-electron chi connectivity index (χ3n) is 4.77. The van der Waals surface area contributed by atoms with Crippen molar-refractivity contribution in [2.24, 2.45) is 4.99 Å². The molecule has 0 spiro atoms. The molecule has 0 aromatic carbocycles. The van der Waals surface area contributed by atoms with Crippen LogP contribution in [0.4, 0.5) is 0 Å². The van der Waals surface area contributed by atoms with E-state index in [-0.39, 0.29) is 0 Å². The van der Waals surface area contributed by atoms with Gasteiger partial charge < -0.3 is 15.4 Å². The minimum atomic E-state index is 0.298. The Hall–Kier alpha value is -0.0700. The van der Waals surface area contributed by atoms with E-state index >= 15 is 0 Å². The Kier molecular flexibility index (Phi) is 7.71. The number of aliphatic imine (C=N–C) groups is 1. The normalized spacial score (nSPS) is 28.6. The summed E-state index contributed by atoms with van der Waals surface area (Å²) >= 11 is 4.07. The maximum Gasteiger partial charge on any atom is 0.191 e. The highest BCUT2D eigenvalue weighted by molar-refractivity contribution is 8.00. The van der Waals surface area contributed by atoms with Crippen LogP contribution in [0.3, 0.4) is 0 Å². The number of hydrogen-bond donors (Lipinski definition) is 2. The van der Waals surface area contributed by atoms with Crippen molar-refractivity contribution < 1.29 is 4.74 Å². The molecule has 0 radical (unpaired) electrons. The second-order valence-corrected chi connectivity index (χ2v) is 9.01. The molecule has 1 heterocycles. The van der Waals surface area contributed by atoms with Crippen LogP contribution in [-0.4, -0.2) is 60.8 Å². The molecule has 0 aromatic rings. The monoisotopic (exact) mass is 345 g/mol. The zero-order valence-corrected chi connectivity index (χ0v) is 15.8. The second-order valence-electron chi connectivity index (χ2n) is 6.16. The number of guanidine groups is 1.